The molecular formula is C12H10FNO3. The van der Waals surface area contributed by atoms with Gasteiger partial charge in [-0.2, -0.15) is 0 Å². The minimum Gasteiger partial charge on any atom is -0.476 e. The smallest absolute Gasteiger partial charge is 0.358 e. The molecule has 0 aliphatic heterocycles. The lowest BCUT2D eigenvalue weighted by Gasteiger charge is -1.98. The summed E-state index contributed by atoms with van der Waals surface area (Å²) in [7, 11) is 0. The lowest BCUT2D eigenvalue weighted by molar-refractivity contribution is 0.0689. The van der Waals surface area contributed by atoms with Crippen LogP contribution in [0.2, 0.25) is 0 Å². The molecule has 0 aliphatic carbocycles. The standard InChI is InChI=1S/C12H10FNO3/c1-7-14-11(12(15)16)10(17-7)6-8-2-4-9(13)5-3-8/h2-5H,6H2,1H3,(H,15,16). The molecule has 0 fully saturated rings. The van der Waals surface area contributed by atoms with Gasteiger partial charge in [-0.1, -0.05) is 12.1 Å². The molecule has 1 aromatic carbocycles. The third kappa shape index (κ3) is 2.50. The number of carboxylic acids is 1. The lowest BCUT2D eigenvalue weighted by Crippen LogP contribution is -2.01. The summed E-state index contributed by atoms with van der Waals surface area (Å²) < 4.78 is 17.9. The second kappa shape index (κ2) is 4.37. The Balaban J connectivity index is 2.29. The summed E-state index contributed by atoms with van der Waals surface area (Å²) in [5.41, 5.74) is 0.678. The fraction of sp³-hybridized carbons (Fsp3) is 0.167. The highest BCUT2D eigenvalue weighted by molar-refractivity contribution is 5.86. The molecule has 0 saturated carbocycles. The number of rotatable bonds is 3. The van der Waals surface area contributed by atoms with Gasteiger partial charge in [0.1, 0.15) is 11.6 Å². The summed E-state index contributed by atoms with van der Waals surface area (Å²) in [6.45, 7) is 1.58. The summed E-state index contributed by atoms with van der Waals surface area (Å²) >= 11 is 0. The van der Waals surface area contributed by atoms with Crippen LogP contribution in [0.1, 0.15) is 27.7 Å². The number of oxazole rings is 1. The number of aromatic nitrogens is 1. The summed E-state index contributed by atoms with van der Waals surface area (Å²) in [5, 5.41) is 8.92. The van der Waals surface area contributed by atoms with Crippen LogP contribution in [0.25, 0.3) is 0 Å². The first-order chi connectivity index (χ1) is 8.06. The van der Waals surface area contributed by atoms with Gasteiger partial charge in [-0.25, -0.2) is 14.2 Å². The number of hydrogen-bond acceptors (Lipinski definition) is 3. The summed E-state index contributed by atoms with van der Waals surface area (Å²) in [5.74, 6) is -0.874. The number of hydrogen-bond donors (Lipinski definition) is 1. The zero-order valence-electron chi connectivity index (χ0n) is 9.11. The Kier molecular flexibility index (Phi) is 2.91. The van der Waals surface area contributed by atoms with E-state index in [1.807, 2.05) is 0 Å². The summed E-state index contributed by atoms with van der Waals surface area (Å²) in [6.07, 6.45) is 0.281. The van der Waals surface area contributed by atoms with Crippen molar-refractivity contribution in [3.05, 3.63) is 53.0 Å². The van der Waals surface area contributed by atoms with Crippen LogP contribution in [0.4, 0.5) is 4.39 Å². The van der Waals surface area contributed by atoms with Crippen molar-refractivity contribution in [1.29, 1.82) is 0 Å². The number of benzene rings is 1. The van der Waals surface area contributed by atoms with Gasteiger partial charge in [0, 0.05) is 13.3 Å². The van der Waals surface area contributed by atoms with Crippen molar-refractivity contribution < 1.29 is 18.7 Å². The van der Waals surface area contributed by atoms with Gasteiger partial charge in [0.05, 0.1) is 0 Å². The van der Waals surface area contributed by atoms with Crippen molar-refractivity contribution in [3.63, 3.8) is 0 Å². The van der Waals surface area contributed by atoms with E-state index in [9.17, 15) is 9.18 Å². The molecule has 2 aromatic rings. The fourth-order valence-electron chi connectivity index (χ4n) is 1.54. The molecule has 88 valence electrons. The van der Waals surface area contributed by atoms with Gasteiger partial charge in [-0.15, -0.1) is 0 Å². The predicted octanol–water partition coefficient (Wildman–Crippen LogP) is 2.41. The van der Waals surface area contributed by atoms with E-state index in [-0.39, 0.29) is 23.7 Å². The van der Waals surface area contributed by atoms with Gasteiger partial charge in [0.25, 0.3) is 0 Å². The van der Waals surface area contributed by atoms with E-state index in [0.29, 0.717) is 5.89 Å². The van der Waals surface area contributed by atoms with Crippen LogP contribution >= 0.6 is 0 Å². The van der Waals surface area contributed by atoms with Crippen LogP contribution < -0.4 is 0 Å². The Morgan fingerprint density at radius 1 is 1.41 bits per heavy atom. The largest absolute Gasteiger partial charge is 0.476 e. The van der Waals surface area contributed by atoms with Gasteiger partial charge in [-0.05, 0) is 17.7 Å². The maximum atomic E-state index is 12.7. The number of halogens is 1. The lowest BCUT2D eigenvalue weighted by atomic mass is 10.1. The molecule has 1 aromatic heterocycles. The molecule has 2 rings (SSSR count). The number of nitrogens with zero attached hydrogens (tertiary/aromatic N) is 1. The first-order valence-electron chi connectivity index (χ1n) is 5.00. The molecule has 0 aliphatic rings. The molecule has 0 atom stereocenters. The quantitative estimate of drug-likeness (QED) is 0.887. The van der Waals surface area contributed by atoms with Crippen molar-refractivity contribution in [3.8, 4) is 0 Å². The highest BCUT2D eigenvalue weighted by Gasteiger charge is 2.17. The van der Waals surface area contributed by atoms with Crippen LogP contribution in [-0.2, 0) is 6.42 Å². The van der Waals surface area contributed by atoms with Crippen molar-refractivity contribution >= 4 is 5.97 Å². The molecule has 0 amide bonds. The minimum absolute atomic E-state index is 0.0909. The average Bonchev–Trinajstić information content (AvgIpc) is 2.63. The van der Waals surface area contributed by atoms with Crippen molar-refractivity contribution in [1.82, 2.24) is 4.98 Å². The van der Waals surface area contributed by atoms with E-state index in [2.05, 4.69) is 4.98 Å². The third-order valence-corrected chi connectivity index (χ3v) is 2.28. The van der Waals surface area contributed by atoms with Crippen LogP contribution in [0, 0.1) is 12.7 Å². The number of carbonyl (C=O) groups is 1. The number of aromatic carboxylic acids is 1. The second-order valence-electron chi connectivity index (χ2n) is 3.61. The molecule has 5 heteroatoms. The first kappa shape index (κ1) is 11.3. The highest BCUT2D eigenvalue weighted by atomic mass is 19.1. The maximum absolute atomic E-state index is 12.7. The Hall–Kier alpha value is -2.17. The molecule has 1 N–H and O–H groups in total. The van der Waals surface area contributed by atoms with Gasteiger partial charge in [0.2, 0.25) is 0 Å². The number of carboxylic acid groups (broad SMARTS) is 1. The fourth-order valence-corrected chi connectivity index (χ4v) is 1.54. The maximum Gasteiger partial charge on any atom is 0.358 e. The topological polar surface area (TPSA) is 63.3 Å². The molecule has 4 nitrogen and oxygen atoms in total. The normalized spacial score (nSPS) is 10.5. The molecule has 0 spiro atoms. The van der Waals surface area contributed by atoms with Crippen LogP contribution in [0.15, 0.2) is 28.7 Å². The molecule has 1 heterocycles. The van der Waals surface area contributed by atoms with Crippen molar-refractivity contribution in [2.24, 2.45) is 0 Å². The van der Waals surface area contributed by atoms with Gasteiger partial charge >= 0.3 is 5.97 Å². The average molecular weight is 235 g/mol. The summed E-state index contributed by atoms with van der Waals surface area (Å²) in [4.78, 5) is 14.7. The van der Waals surface area contributed by atoms with Gasteiger partial charge in [0.15, 0.2) is 11.6 Å². The highest BCUT2D eigenvalue weighted by Crippen LogP contribution is 2.16. The monoisotopic (exact) mass is 235 g/mol. The SMILES string of the molecule is Cc1nc(C(=O)O)c(Cc2ccc(F)cc2)o1. The Labute approximate surface area is 96.7 Å². The Morgan fingerprint density at radius 3 is 2.65 bits per heavy atom. The predicted molar refractivity (Wildman–Crippen MR) is 57.4 cm³/mol. The van der Waals surface area contributed by atoms with Gasteiger partial charge < -0.3 is 9.52 Å². The molecular weight excluding hydrogens is 225 g/mol. The van der Waals surface area contributed by atoms with Crippen LogP contribution in [0.3, 0.4) is 0 Å². The molecule has 17 heavy (non-hydrogen) atoms. The first-order valence-corrected chi connectivity index (χ1v) is 5.00. The van der Waals surface area contributed by atoms with E-state index < -0.39 is 5.97 Å². The summed E-state index contributed by atoms with van der Waals surface area (Å²) in [6, 6.07) is 5.80. The van der Waals surface area contributed by atoms with Crippen molar-refractivity contribution in [2.45, 2.75) is 13.3 Å². The van der Waals surface area contributed by atoms with Crippen LogP contribution in [-0.4, -0.2) is 16.1 Å². The molecule has 0 bridgehead atoms. The Bertz CT molecular complexity index is 545. The minimum atomic E-state index is -1.13. The second-order valence-corrected chi connectivity index (χ2v) is 3.61. The Morgan fingerprint density at radius 2 is 2.06 bits per heavy atom. The number of aryl methyl sites for hydroxylation is 1. The zero-order valence-corrected chi connectivity index (χ0v) is 9.11. The van der Waals surface area contributed by atoms with E-state index in [0.717, 1.165) is 5.56 Å². The van der Waals surface area contributed by atoms with E-state index in [1.54, 1.807) is 19.1 Å². The van der Waals surface area contributed by atoms with E-state index >= 15 is 0 Å². The molecule has 0 saturated heterocycles. The zero-order chi connectivity index (χ0) is 12.4. The van der Waals surface area contributed by atoms with Gasteiger partial charge in [-0.3, -0.25) is 0 Å². The van der Waals surface area contributed by atoms with Crippen molar-refractivity contribution in [2.75, 3.05) is 0 Å². The molecule has 0 radical (unpaired) electrons. The third-order valence-electron chi connectivity index (χ3n) is 2.28. The van der Waals surface area contributed by atoms with E-state index in [4.69, 9.17) is 9.52 Å². The van der Waals surface area contributed by atoms with E-state index in [1.165, 1.54) is 12.1 Å². The van der Waals surface area contributed by atoms with Crippen LogP contribution in [0.5, 0.6) is 0 Å². The molecule has 0 unspecified atom stereocenters.